The van der Waals surface area contributed by atoms with E-state index in [1.54, 1.807) is 30.5 Å². The van der Waals surface area contributed by atoms with E-state index in [0.717, 1.165) is 43.7 Å². The fourth-order valence-corrected chi connectivity index (χ4v) is 5.18. The van der Waals surface area contributed by atoms with E-state index in [9.17, 15) is 9.18 Å². The molecule has 1 amide bonds. The van der Waals surface area contributed by atoms with Gasteiger partial charge >= 0.3 is 0 Å². The number of hydrogen-bond donors (Lipinski definition) is 3. The van der Waals surface area contributed by atoms with Gasteiger partial charge in [0.2, 0.25) is 0 Å². The predicted molar refractivity (Wildman–Crippen MR) is 139 cm³/mol. The Morgan fingerprint density at radius 3 is 2.69 bits per heavy atom. The van der Waals surface area contributed by atoms with Crippen molar-refractivity contribution in [2.45, 2.75) is 44.7 Å². The number of piperidine rings is 1. The van der Waals surface area contributed by atoms with E-state index in [1.165, 1.54) is 23.4 Å². The number of halogens is 1. The molecule has 35 heavy (non-hydrogen) atoms. The van der Waals surface area contributed by atoms with Gasteiger partial charge in [-0.2, -0.15) is 0 Å². The van der Waals surface area contributed by atoms with Gasteiger partial charge in [-0.15, -0.1) is 0 Å². The van der Waals surface area contributed by atoms with Crippen molar-refractivity contribution in [1.82, 2.24) is 10.3 Å². The minimum atomic E-state index is -0.275. The second-order valence-electron chi connectivity index (χ2n) is 10.1. The first-order valence-corrected chi connectivity index (χ1v) is 12.3. The Hall–Kier alpha value is -3.45. The monoisotopic (exact) mass is 473 g/mol. The van der Waals surface area contributed by atoms with Gasteiger partial charge in [0.15, 0.2) is 0 Å². The Labute approximate surface area is 206 Å². The number of benzene rings is 2. The van der Waals surface area contributed by atoms with Crippen molar-refractivity contribution >= 4 is 23.1 Å². The Bertz CT molecular complexity index is 1200. The number of fused-ring (bicyclic) bond motifs is 1. The third-order valence-electron chi connectivity index (χ3n) is 7.03. The minimum Gasteiger partial charge on any atom is -0.367 e. The van der Waals surface area contributed by atoms with Gasteiger partial charge < -0.3 is 20.9 Å². The van der Waals surface area contributed by atoms with Crippen LogP contribution in [0.25, 0.3) is 0 Å². The fourth-order valence-electron chi connectivity index (χ4n) is 5.18. The molecule has 1 aromatic heterocycles. The van der Waals surface area contributed by atoms with Crippen LogP contribution < -0.4 is 20.9 Å². The average Bonchev–Trinajstić information content (AvgIpc) is 3.14. The van der Waals surface area contributed by atoms with Crippen LogP contribution in [0.3, 0.4) is 0 Å². The summed E-state index contributed by atoms with van der Waals surface area (Å²) in [6.45, 7) is 8.10. The molecule has 0 atom stereocenters. The molecule has 5 rings (SSSR count). The highest BCUT2D eigenvalue weighted by atomic mass is 19.1. The predicted octanol–water partition coefficient (Wildman–Crippen LogP) is 4.93. The Morgan fingerprint density at radius 2 is 1.91 bits per heavy atom. The second-order valence-corrected chi connectivity index (χ2v) is 10.1. The van der Waals surface area contributed by atoms with Crippen LogP contribution in [0.4, 0.5) is 21.6 Å². The topological polar surface area (TPSA) is 69.3 Å². The van der Waals surface area contributed by atoms with E-state index in [-0.39, 0.29) is 17.1 Å². The Kier molecular flexibility index (Phi) is 6.43. The number of nitrogens with zero attached hydrogens (tertiary/aromatic N) is 2. The summed E-state index contributed by atoms with van der Waals surface area (Å²) in [6, 6.07) is 16.6. The maximum Gasteiger partial charge on any atom is 0.259 e. The van der Waals surface area contributed by atoms with Crippen LogP contribution >= 0.6 is 0 Å². The summed E-state index contributed by atoms with van der Waals surface area (Å²) in [6.07, 6.45) is 3.91. The third-order valence-corrected chi connectivity index (χ3v) is 7.03. The van der Waals surface area contributed by atoms with Crippen molar-refractivity contribution < 1.29 is 9.18 Å². The highest BCUT2D eigenvalue weighted by Gasteiger charge is 2.38. The van der Waals surface area contributed by atoms with Gasteiger partial charge in [-0.25, -0.2) is 9.37 Å². The molecule has 0 saturated carbocycles. The van der Waals surface area contributed by atoms with Crippen molar-refractivity contribution in [2.75, 3.05) is 35.2 Å². The molecule has 7 heteroatoms. The van der Waals surface area contributed by atoms with Gasteiger partial charge in [0, 0.05) is 42.1 Å². The van der Waals surface area contributed by atoms with Crippen LogP contribution in [0, 0.1) is 5.82 Å². The van der Waals surface area contributed by atoms with E-state index < -0.39 is 0 Å². The molecule has 182 valence electrons. The Balaban J connectivity index is 1.34. The van der Waals surface area contributed by atoms with Crippen molar-refractivity contribution in [1.29, 1.82) is 0 Å². The fraction of sp³-hybridized carbons (Fsp3) is 0.357. The van der Waals surface area contributed by atoms with Gasteiger partial charge in [-0.05, 0) is 73.5 Å². The van der Waals surface area contributed by atoms with E-state index in [0.29, 0.717) is 24.0 Å². The lowest BCUT2D eigenvalue weighted by Gasteiger charge is -2.34. The molecule has 2 aromatic carbocycles. The van der Waals surface area contributed by atoms with Gasteiger partial charge in [0.1, 0.15) is 11.6 Å². The number of rotatable bonds is 6. The first-order valence-electron chi connectivity index (χ1n) is 12.3. The molecule has 6 nitrogen and oxygen atoms in total. The zero-order valence-electron chi connectivity index (χ0n) is 20.3. The number of nitrogens with one attached hydrogen (secondary N) is 3. The van der Waals surface area contributed by atoms with E-state index >= 15 is 0 Å². The van der Waals surface area contributed by atoms with Crippen LogP contribution in [0.1, 0.15) is 48.2 Å². The maximum atomic E-state index is 13.2. The highest BCUT2D eigenvalue weighted by molar-refractivity contribution is 6.07. The molecule has 0 aliphatic carbocycles. The van der Waals surface area contributed by atoms with Crippen molar-refractivity contribution in [3.05, 3.63) is 83.3 Å². The molecule has 0 spiro atoms. The molecule has 0 unspecified atom stereocenters. The SMILES string of the molecule is CC1(C)CN(C2CCNCC2)c2cc(NC(=O)c3cccnc3NCc3ccc(F)cc3)ccc21. The molecule has 2 aliphatic heterocycles. The molecule has 3 N–H and O–H groups in total. The summed E-state index contributed by atoms with van der Waals surface area (Å²) in [4.78, 5) is 20.1. The number of amides is 1. The first kappa shape index (κ1) is 23.3. The molecule has 0 bridgehead atoms. The van der Waals surface area contributed by atoms with Gasteiger partial charge in [-0.1, -0.05) is 32.0 Å². The highest BCUT2D eigenvalue weighted by Crippen LogP contribution is 2.43. The third kappa shape index (κ3) is 5.00. The first-order chi connectivity index (χ1) is 16.9. The van der Waals surface area contributed by atoms with Crippen molar-refractivity contribution in [3.8, 4) is 0 Å². The molecule has 0 radical (unpaired) electrons. The molecular formula is C28H32FN5O. The number of carbonyl (C=O) groups is 1. The van der Waals surface area contributed by atoms with Gasteiger partial charge in [-0.3, -0.25) is 4.79 Å². The average molecular weight is 474 g/mol. The molecule has 2 aliphatic rings. The molecule has 1 fully saturated rings. The minimum absolute atomic E-state index is 0.0730. The van der Waals surface area contributed by atoms with Crippen LogP contribution in [-0.4, -0.2) is 36.6 Å². The number of pyridine rings is 1. The summed E-state index contributed by atoms with van der Waals surface area (Å²) >= 11 is 0. The van der Waals surface area contributed by atoms with Crippen LogP contribution in [-0.2, 0) is 12.0 Å². The van der Waals surface area contributed by atoms with E-state index in [4.69, 9.17) is 0 Å². The lowest BCUT2D eigenvalue weighted by molar-refractivity contribution is 0.102. The lowest BCUT2D eigenvalue weighted by atomic mass is 9.87. The standard InChI is InChI=1S/C28H32FN5O/c1-28(2)18-34(22-11-14-30-15-12-22)25-16-21(9-10-24(25)28)33-27(35)23-4-3-13-31-26(23)32-17-19-5-7-20(29)8-6-19/h3-10,13,16,22,30H,11-12,14-15,17-18H2,1-2H3,(H,31,32)(H,33,35). The summed E-state index contributed by atoms with van der Waals surface area (Å²) in [7, 11) is 0. The zero-order valence-corrected chi connectivity index (χ0v) is 20.3. The van der Waals surface area contributed by atoms with Crippen molar-refractivity contribution in [2.24, 2.45) is 0 Å². The van der Waals surface area contributed by atoms with Crippen LogP contribution in [0.15, 0.2) is 60.8 Å². The molecular weight excluding hydrogens is 441 g/mol. The van der Waals surface area contributed by atoms with E-state index in [1.807, 2.05) is 6.07 Å². The van der Waals surface area contributed by atoms with E-state index in [2.05, 4.69) is 51.8 Å². The number of hydrogen-bond acceptors (Lipinski definition) is 5. The smallest absolute Gasteiger partial charge is 0.259 e. The zero-order chi connectivity index (χ0) is 24.4. The van der Waals surface area contributed by atoms with Crippen LogP contribution in [0.2, 0.25) is 0 Å². The van der Waals surface area contributed by atoms with Crippen LogP contribution in [0.5, 0.6) is 0 Å². The number of carbonyl (C=O) groups excluding carboxylic acids is 1. The second kappa shape index (κ2) is 9.66. The summed E-state index contributed by atoms with van der Waals surface area (Å²) in [5.74, 6) is 0.00128. The largest absolute Gasteiger partial charge is 0.367 e. The van der Waals surface area contributed by atoms with Gasteiger partial charge in [0.25, 0.3) is 5.91 Å². The maximum absolute atomic E-state index is 13.2. The van der Waals surface area contributed by atoms with Gasteiger partial charge in [0.05, 0.1) is 5.56 Å². The number of aromatic nitrogens is 1. The number of anilines is 3. The lowest BCUT2D eigenvalue weighted by Crippen LogP contribution is -2.44. The summed E-state index contributed by atoms with van der Waals surface area (Å²) in [5.41, 5.74) is 4.77. The summed E-state index contributed by atoms with van der Waals surface area (Å²) < 4.78 is 13.2. The summed E-state index contributed by atoms with van der Waals surface area (Å²) in [5, 5.41) is 9.74. The Morgan fingerprint density at radius 1 is 1.14 bits per heavy atom. The normalized spacial score (nSPS) is 17.2. The quantitative estimate of drug-likeness (QED) is 0.473. The van der Waals surface area contributed by atoms with Crippen molar-refractivity contribution in [3.63, 3.8) is 0 Å². The molecule has 3 heterocycles. The molecule has 3 aromatic rings. The molecule has 1 saturated heterocycles.